The van der Waals surface area contributed by atoms with Crippen molar-refractivity contribution in [2.45, 2.75) is 43.1 Å². The van der Waals surface area contributed by atoms with E-state index in [1.807, 2.05) is 0 Å². The van der Waals surface area contributed by atoms with Crippen LogP contribution in [0.25, 0.3) is 0 Å². The molecule has 1 aliphatic rings. The summed E-state index contributed by atoms with van der Waals surface area (Å²) in [7, 11) is 0. The molecule has 0 fully saturated rings. The first kappa shape index (κ1) is 22.5. The molecule has 1 aromatic rings. The van der Waals surface area contributed by atoms with Crippen LogP contribution in [-0.4, -0.2) is 75.3 Å². The number of aldehydes is 1. The molecule has 146 valence electrons. The number of carbonyl (C=O) groups excluding carboxylic acids is 1. The van der Waals surface area contributed by atoms with E-state index in [0.29, 0.717) is 5.88 Å². The quantitative estimate of drug-likeness (QED) is 0.263. The summed E-state index contributed by atoms with van der Waals surface area (Å²) in [5.41, 5.74) is 4.20. The minimum absolute atomic E-state index is 0.0809. The number of hydrogen-bond donors (Lipinski definition) is 6. The number of aliphatic carboxylic acids is 1. The van der Waals surface area contributed by atoms with Crippen molar-refractivity contribution in [2.75, 3.05) is 13.1 Å². The van der Waals surface area contributed by atoms with E-state index in [1.165, 1.54) is 16.7 Å². The van der Waals surface area contributed by atoms with Crippen LogP contribution < -0.4 is 5.32 Å². The van der Waals surface area contributed by atoms with Gasteiger partial charge in [-0.3, -0.25) is 0 Å². The molecule has 8 nitrogen and oxygen atoms in total. The maximum atomic E-state index is 10.1. The fraction of sp³-hybridized carbons (Fsp3) is 0.529. The van der Waals surface area contributed by atoms with Crippen molar-refractivity contribution in [1.82, 2.24) is 5.32 Å². The number of aliphatic hydroxyl groups excluding tert-OH is 4. The zero-order chi connectivity index (χ0) is 19.7. The second kappa shape index (κ2) is 11.2. The molecule has 2 rings (SSSR count). The van der Waals surface area contributed by atoms with E-state index in [-0.39, 0.29) is 6.29 Å². The average molecular weight is 390 g/mol. The van der Waals surface area contributed by atoms with Gasteiger partial charge in [0, 0.05) is 5.88 Å². The highest BCUT2D eigenvalue weighted by Crippen LogP contribution is 2.16. The van der Waals surface area contributed by atoms with Gasteiger partial charge in [0.2, 0.25) is 0 Å². The molecule has 1 aromatic carbocycles. The van der Waals surface area contributed by atoms with E-state index in [9.17, 15) is 9.59 Å². The summed E-state index contributed by atoms with van der Waals surface area (Å²) < 4.78 is 0. The fourth-order valence-corrected chi connectivity index (χ4v) is 2.59. The lowest BCUT2D eigenvalue weighted by Crippen LogP contribution is -2.48. The minimum Gasteiger partial charge on any atom is -0.479 e. The van der Waals surface area contributed by atoms with E-state index in [2.05, 4.69) is 23.5 Å². The van der Waals surface area contributed by atoms with Gasteiger partial charge in [-0.15, -0.1) is 11.6 Å². The van der Waals surface area contributed by atoms with Gasteiger partial charge < -0.3 is 35.6 Å². The molecule has 9 heteroatoms. The highest BCUT2D eigenvalue weighted by molar-refractivity contribution is 6.17. The molecule has 0 bridgehead atoms. The van der Waals surface area contributed by atoms with E-state index in [1.54, 1.807) is 0 Å². The summed E-state index contributed by atoms with van der Waals surface area (Å²) in [6.45, 7) is 2.20. The lowest BCUT2D eigenvalue weighted by Gasteiger charge is -2.21. The van der Waals surface area contributed by atoms with Crippen molar-refractivity contribution in [3.05, 3.63) is 34.9 Å². The highest BCUT2D eigenvalue weighted by Gasteiger charge is 2.34. The number of alkyl halides is 1. The molecule has 0 saturated carbocycles. The Morgan fingerprint density at radius 3 is 2.27 bits per heavy atom. The first-order valence-corrected chi connectivity index (χ1v) is 8.63. The van der Waals surface area contributed by atoms with Crippen LogP contribution in [0, 0.1) is 0 Å². The third-order valence-corrected chi connectivity index (χ3v) is 4.29. The van der Waals surface area contributed by atoms with Crippen molar-refractivity contribution >= 4 is 23.9 Å². The predicted molar refractivity (Wildman–Crippen MR) is 94.0 cm³/mol. The second-order valence-corrected chi connectivity index (χ2v) is 6.14. The van der Waals surface area contributed by atoms with E-state index >= 15 is 0 Å². The maximum absolute atomic E-state index is 10.1. The number of carboxylic acids is 1. The molecule has 0 radical (unpaired) electrons. The number of aliphatic hydroxyl groups is 4. The molecule has 0 unspecified atom stereocenters. The summed E-state index contributed by atoms with van der Waals surface area (Å²) in [6, 6.07) is 6.60. The van der Waals surface area contributed by atoms with Crippen molar-refractivity contribution < 1.29 is 35.1 Å². The lowest BCUT2D eigenvalue weighted by molar-refractivity contribution is -0.163. The number of halogens is 1. The maximum Gasteiger partial charge on any atom is 0.335 e. The molecule has 0 aliphatic carbocycles. The Hall–Kier alpha value is -1.55. The van der Waals surface area contributed by atoms with Crippen LogP contribution in [0.4, 0.5) is 0 Å². The largest absolute Gasteiger partial charge is 0.479 e. The van der Waals surface area contributed by atoms with Gasteiger partial charge >= 0.3 is 5.97 Å². The first-order chi connectivity index (χ1) is 12.3. The number of benzene rings is 1. The van der Waals surface area contributed by atoms with Crippen LogP contribution in [0.5, 0.6) is 0 Å². The molecule has 0 spiro atoms. The van der Waals surface area contributed by atoms with E-state index < -0.39 is 30.4 Å². The molecule has 0 amide bonds. The lowest BCUT2D eigenvalue weighted by atomic mass is 10.0. The Morgan fingerprint density at radius 1 is 1.12 bits per heavy atom. The van der Waals surface area contributed by atoms with Gasteiger partial charge in [-0.1, -0.05) is 18.2 Å². The SMILES string of the molecule is ClCc1ccc2c(c1)CCNCC2.O=C[C@H](O)[C@@H](O)[C@H](O)[C@H](O)C(=O)O. The number of carboxylic acid groups (broad SMARTS) is 1. The van der Waals surface area contributed by atoms with Crippen LogP contribution in [0.3, 0.4) is 0 Å². The number of rotatable bonds is 6. The normalized spacial score (nSPS) is 18.2. The van der Waals surface area contributed by atoms with Gasteiger partial charge in [0.1, 0.15) is 18.3 Å². The summed E-state index contributed by atoms with van der Waals surface area (Å²) in [5, 5.41) is 46.6. The Labute approximate surface area is 156 Å². The number of fused-ring (bicyclic) bond motifs is 1. The monoisotopic (exact) mass is 389 g/mol. The van der Waals surface area contributed by atoms with E-state index in [0.717, 1.165) is 25.9 Å². The molecule has 0 saturated heterocycles. The molecule has 4 atom stereocenters. The van der Waals surface area contributed by atoms with Crippen molar-refractivity contribution in [2.24, 2.45) is 0 Å². The van der Waals surface area contributed by atoms with Crippen LogP contribution in [0.1, 0.15) is 16.7 Å². The number of nitrogens with one attached hydrogen (secondary N) is 1. The van der Waals surface area contributed by atoms with Crippen molar-refractivity contribution in [3.8, 4) is 0 Å². The predicted octanol–water partition coefficient (Wildman–Crippen LogP) is -1.17. The number of carbonyl (C=O) groups is 2. The minimum atomic E-state index is -2.25. The smallest absolute Gasteiger partial charge is 0.335 e. The van der Waals surface area contributed by atoms with Gasteiger partial charge in [-0.2, -0.15) is 0 Å². The molecule has 26 heavy (non-hydrogen) atoms. The number of hydrogen-bond acceptors (Lipinski definition) is 7. The summed E-state index contributed by atoms with van der Waals surface area (Å²) in [5.74, 6) is -1.13. The average Bonchev–Trinajstić information content (AvgIpc) is 2.90. The first-order valence-electron chi connectivity index (χ1n) is 8.09. The molecule has 1 aliphatic heterocycles. The Kier molecular flexibility index (Phi) is 9.71. The molecule has 1 heterocycles. The Balaban J connectivity index is 0.000000260. The standard InChI is InChI=1S/C11H14ClN.C6H10O7/c12-8-9-1-2-10-3-5-13-6-4-11(10)7-9;7-1-2(8)3(9)4(10)5(11)6(12)13/h1-2,7,13H,3-6,8H2;1-5,8-11H,(H,12,13)/t;2-,3+,4-,5-/m.0/s1. The summed E-state index contributed by atoms with van der Waals surface area (Å²) >= 11 is 5.79. The zero-order valence-electron chi connectivity index (χ0n) is 14.1. The van der Waals surface area contributed by atoms with Crippen molar-refractivity contribution in [1.29, 1.82) is 0 Å². The Bertz CT molecular complexity index is 598. The van der Waals surface area contributed by atoms with Gasteiger partial charge in [0.25, 0.3) is 0 Å². The van der Waals surface area contributed by atoms with Gasteiger partial charge in [0.05, 0.1) is 0 Å². The highest BCUT2D eigenvalue weighted by atomic mass is 35.5. The van der Waals surface area contributed by atoms with Crippen LogP contribution in [-0.2, 0) is 28.3 Å². The van der Waals surface area contributed by atoms with Gasteiger partial charge in [-0.25, -0.2) is 4.79 Å². The topological polar surface area (TPSA) is 147 Å². The summed E-state index contributed by atoms with van der Waals surface area (Å²) in [6.07, 6.45) is -6.10. The molecule has 6 N–H and O–H groups in total. The second-order valence-electron chi connectivity index (χ2n) is 5.88. The van der Waals surface area contributed by atoms with Crippen LogP contribution >= 0.6 is 11.6 Å². The van der Waals surface area contributed by atoms with Crippen molar-refractivity contribution in [3.63, 3.8) is 0 Å². The van der Waals surface area contributed by atoms with Gasteiger partial charge in [0.15, 0.2) is 12.4 Å². The third-order valence-electron chi connectivity index (χ3n) is 3.98. The van der Waals surface area contributed by atoms with Crippen LogP contribution in [0.2, 0.25) is 0 Å². The molecular formula is C17H24ClNO7. The molecular weight excluding hydrogens is 366 g/mol. The third kappa shape index (κ3) is 6.64. The van der Waals surface area contributed by atoms with Crippen LogP contribution in [0.15, 0.2) is 18.2 Å². The zero-order valence-corrected chi connectivity index (χ0v) is 14.8. The Morgan fingerprint density at radius 2 is 1.73 bits per heavy atom. The van der Waals surface area contributed by atoms with Gasteiger partial charge in [-0.05, 0) is 42.6 Å². The molecule has 0 aromatic heterocycles. The summed E-state index contributed by atoms with van der Waals surface area (Å²) in [4.78, 5) is 20.0. The fourth-order valence-electron chi connectivity index (χ4n) is 2.43. The van der Waals surface area contributed by atoms with E-state index in [4.69, 9.17) is 37.1 Å².